The number of aryl methyl sites for hydroxylation is 1. The molecule has 0 saturated carbocycles. The first-order valence-electron chi connectivity index (χ1n) is 6.87. The predicted octanol–water partition coefficient (Wildman–Crippen LogP) is 2.02. The Kier molecular flexibility index (Phi) is 4.46. The lowest BCUT2D eigenvalue weighted by atomic mass is 10.00. The number of benzene rings is 1. The summed E-state index contributed by atoms with van der Waals surface area (Å²) in [5.41, 5.74) is 6.59. The van der Waals surface area contributed by atoms with Crippen LogP contribution in [0.2, 0.25) is 0 Å². The average molecular weight is 300 g/mol. The van der Waals surface area contributed by atoms with Crippen LogP contribution < -0.4 is 5.73 Å². The van der Waals surface area contributed by atoms with E-state index in [-0.39, 0.29) is 17.0 Å². The molecule has 1 aliphatic heterocycles. The second-order valence-electron chi connectivity index (χ2n) is 5.47. The Morgan fingerprint density at radius 1 is 1.40 bits per heavy atom. The van der Waals surface area contributed by atoms with Crippen molar-refractivity contribution in [2.24, 2.45) is 5.73 Å². The highest BCUT2D eigenvalue weighted by molar-refractivity contribution is 7.89. The number of nitrogens with two attached hydrogens (primary N) is 1. The SMILES string of the molecule is Cc1ccc(S(=O)(=O)N2CCCC[C@@H]2[C@H](C)N)c(F)c1. The van der Waals surface area contributed by atoms with E-state index in [2.05, 4.69) is 0 Å². The van der Waals surface area contributed by atoms with Gasteiger partial charge in [-0.05, 0) is 44.4 Å². The molecular weight excluding hydrogens is 279 g/mol. The lowest BCUT2D eigenvalue weighted by Crippen LogP contribution is -2.51. The van der Waals surface area contributed by atoms with E-state index in [4.69, 9.17) is 5.73 Å². The van der Waals surface area contributed by atoms with E-state index >= 15 is 0 Å². The molecule has 1 aromatic rings. The normalized spacial score (nSPS) is 22.7. The fraction of sp³-hybridized carbons (Fsp3) is 0.571. The largest absolute Gasteiger partial charge is 0.326 e. The molecule has 2 rings (SSSR count). The molecule has 2 N–H and O–H groups in total. The van der Waals surface area contributed by atoms with Gasteiger partial charge >= 0.3 is 0 Å². The van der Waals surface area contributed by atoms with Crippen LogP contribution in [-0.2, 0) is 10.0 Å². The second kappa shape index (κ2) is 5.79. The van der Waals surface area contributed by atoms with E-state index in [0.29, 0.717) is 12.1 Å². The van der Waals surface area contributed by atoms with E-state index < -0.39 is 15.8 Å². The third kappa shape index (κ3) is 2.87. The van der Waals surface area contributed by atoms with Crippen LogP contribution in [0.25, 0.3) is 0 Å². The van der Waals surface area contributed by atoms with Crippen LogP contribution in [0.15, 0.2) is 23.1 Å². The number of nitrogens with zero attached hydrogens (tertiary/aromatic N) is 1. The topological polar surface area (TPSA) is 63.4 Å². The zero-order chi connectivity index (χ0) is 14.9. The van der Waals surface area contributed by atoms with Gasteiger partial charge in [-0.15, -0.1) is 0 Å². The summed E-state index contributed by atoms with van der Waals surface area (Å²) in [7, 11) is -3.83. The van der Waals surface area contributed by atoms with E-state index in [0.717, 1.165) is 19.3 Å². The van der Waals surface area contributed by atoms with Crippen LogP contribution in [-0.4, -0.2) is 31.4 Å². The number of piperidine rings is 1. The van der Waals surface area contributed by atoms with Crippen molar-refractivity contribution >= 4 is 10.0 Å². The average Bonchev–Trinajstić information content (AvgIpc) is 2.38. The fourth-order valence-corrected chi connectivity index (χ4v) is 4.52. The van der Waals surface area contributed by atoms with Crippen LogP contribution >= 0.6 is 0 Å². The second-order valence-corrected chi connectivity index (χ2v) is 7.33. The highest BCUT2D eigenvalue weighted by Gasteiger charge is 2.36. The molecule has 1 aliphatic rings. The minimum atomic E-state index is -3.83. The third-order valence-corrected chi connectivity index (χ3v) is 5.74. The van der Waals surface area contributed by atoms with Gasteiger partial charge in [0.1, 0.15) is 10.7 Å². The summed E-state index contributed by atoms with van der Waals surface area (Å²) in [6.45, 7) is 3.93. The first-order valence-corrected chi connectivity index (χ1v) is 8.31. The quantitative estimate of drug-likeness (QED) is 0.929. The van der Waals surface area contributed by atoms with Crippen molar-refractivity contribution < 1.29 is 12.8 Å². The van der Waals surface area contributed by atoms with Crippen molar-refractivity contribution in [3.8, 4) is 0 Å². The molecule has 6 heteroatoms. The van der Waals surface area contributed by atoms with Crippen LogP contribution in [0.1, 0.15) is 31.7 Å². The van der Waals surface area contributed by atoms with Crippen molar-refractivity contribution in [2.45, 2.75) is 50.1 Å². The van der Waals surface area contributed by atoms with E-state index in [1.54, 1.807) is 19.9 Å². The van der Waals surface area contributed by atoms with Crippen molar-refractivity contribution in [3.05, 3.63) is 29.6 Å². The van der Waals surface area contributed by atoms with Crippen LogP contribution in [0.5, 0.6) is 0 Å². The van der Waals surface area contributed by atoms with Gasteiger partial charge < -0.3 is 5.73 Å². The van der Waals surface area contributed by atoms with Crippen LogP contribution in [0.3, 0.4) is 0 Å². The minimum absolute atomic E-state index is 0.254. The molecule has 20 heavy (non-hydrogen) atoms. The predicted molar refractivity (Wildman–Crippen MR) is 76.3 cm³/mol. The van der Waals surface area contributed by atoms with Gasteiger partial charge in [-0.1, -0.05) is 12.5 Å². The molecule has 1 saturated heterocycles. The number of halogens is 1. The lowest BCUT2D eigenvalue weighted by molar-refractivity contribution is 0.226. The van der Waals surface area contributed by atoms with Gasteiger partial charge in [-0.3, -0.25) is 0 Å². The number of sulfonamides is 1. The summed E-state index contributed by atoms with van der Waals surface area (Å²) in [4.78, 5) is -0.254. The summed E-state index contributed by atoms with van der Waals surface area (Å²) >= 11 is 0. The monoisotopic (exact) mass is 300 g/mol. The lowest BCUT2D eigenvalue weighted by Gasteiger charge is -2.36. The Bertz CT molecular complexity index is 587. The van der Waals surface area contributed by atoms with Gasteiger partial charge in [0.15, 0.2) is 0 Å². The first kappa shape index (κ1) is 15.4. The molecule has 0 spiro atoms. The maximum absolute atomic E-state index is 14.0. The molecular formula is C14H21FN2O2S. The molecule has 1 fully saturated rings. The maximum atomic E-state index is 14.0. The molecule has 2 atom stereocenters. The standard InChI is InChI=1S/C14H21FN2O2S/c1-10-6-7-14(12(15)9-10)20(18,19)17-8-4-3-5-13(17)11(2)16/h6-7,9,11,13H,3-5,8,16H2,1-2H3/t11-,13+/m0/s1. The van der Waals surface area contributed by atoms with E-state index in [1.165, 1.54) is 16.4 Å². The highest BCUT2D eigenvalue weighted by atomic mass is 32.2. The molecule has 0 amide bonds. The molecule has 1 aromatic carbocycles. The summed E-state index contributed by atoms with van der Waals surface area (Å²) in [5, 5.41) is 0. The summed E-state index contributed by atoms with van der Waals surface area (Å²) in [6, 6.07) is 3.68. The number of hydrogen-bond donors (Lipinski definition) is 1. The Hall–Kier alpha value is -0.980. The van der Waals surface area contributed by atoms with Crippen LogP contribution in [0, 0.1) is 12.7 Å². The number of hydrogen-bond acceptors (Lipinski definition) is 3. The Labute approximate surface area is 119 Å². The van der Waals surface area contributed by atoms with Gasteiger partial charge in [-0.2, -0.15) is 4.31 Å². The highest BCUT2D eigenvalue weighted by Crippen LogP contribution is 2.28. The van der Waals surface area contributed by atoms with Crippen LogP contribution in [0.4, 0.5) is 4.39 Å². The zero-order valence-corrected chi connectivity index (χ0v) is 12.7. The van der Waals surface area contributed by atoms with E-state index in [1.807, 2.05) is 0 Å². The van der Waals surface area contributed by atoms with E-state index in [9.17, 15) is 12.8 Å². The first-order chi connectivity index (χ1) is 9.34. The molecule has 4 nitrogen and oxygen atoms in total. The van der Waals surface area contributed by atoms with Gasteiger partial charge in [0, 0.05) is 18.6 Å². The van der Waals surface area contributed by atoms with Gasteiger partial charge in [-0.25, -0.2) is 12.8 Å². The zero-order valence-electron chi connectivity index (χ0n) is 11.8. The Morgan fingerprint density at radius 3 is 2.70 bits per heavy atom. The van der Waals surface area contributed by atoms with Gasteiger partial charge in [0.2, 0.25) is 10.0 Å². The molecule has 0 bridgehead atoms. The smallest absolute Gasteiger partial charge is 0.246 e. The van der Waals surface area contributed by atoms with Crippen molar-refractivity contribution in [1.82, 2.24) is 4.31 Å². The molecule has 0 aliphatic carbocycles. The minimum Gasteiger partial charge on any atom is -0.326 e. The van der Waals surface area contributed by atoms with Crippen molar-refractivity contribution in [2.75, 3.05) is 6.54 Å². The summed E-state index contributed by atoms with van der Waals surface area (Å²) < 4.78 is 40.7. The molecule has 0 aromatic heterocycles. The van der Waals surface area contributed by atoms with Gasteiger partial charge in [0.25, 0.3) is 0 Å². The number of rotatable bonds is 3. The fourth-order valence-electron chi connectivity index (χ4n) is 2.70. The Morgan fingerprint density at radius 2 is 2.10 bits per heavy atom. The third-order valence-electron chi connectivity index (χ3n) is 3.78. The molecule has 0 unspecified atom stereocenters. The molecule has 1 heterocycles. The molecule has 0 radical (unpaired) electrons. The molecule has 112 valence electrons. The Balaban J connectivity index is 2.42. The summed E-state index contributed by atoms with van der Waals surface area (Å²) in [5.74, 6) is -0.695. The summed E-state index contributed by atoms with van der Waals surface area (Å²) in [6.07, 6.45) is 2.47. The maximum Gasteiger partial charge on any atom is 0.246 e. The van der Waals surface area contributed by atoms with Crippen molar-refractivity contribution in [1.29, 1.82) is 0 Å². The van der Waals surface area contributed by atoms with Gasteiger partial charge in [0.05, 0.1) is 0 Å². The van der Waals surface area contributed by atoms with Crippen molar-refractivity contribution in [3.63, 3.8) is 0 Å².